The van der Waals surface area contributed by atoms with E-state index < -0.39 is 6.04 Å². The number of hydrogen-bond donors (Lipinski definition) is 1. The Morgan fingerprint density at radius 1 is 1.18 bits per heavy atom. The van der Waals surface area contributed by atoms with Crippen LogP contribution in [0.5, 0.6) is 0 Å². The molecule has 0 aliphatic carbocycles. The lowest BCUT2D eigenvalue weighted by Crippen LogP contribution is -2.52. The number of nitrogens with one attached hydrogen (secondary N) is 1. The highest BCUT2D eigenvalue weighted by molar-refractivity contribution is 7.99. The second-order valence-electron chi connectivity index (χ2n) is 7.34. The van der Waals surface area contributed by atoms with Crippen molar-refractivity contribution < 1.29 is 19.1 Å². The van der Waals surface area contributed by atoms with E-state index >= 15 is 0 Å². The van der Waals surface area contributed by atoms with Crippen molar-refractivity contribution in [2.75, 3.05) is 38.6 Å². The molecule has 3 heterocycles. The highest BCUT2D eigenvalue weighted by Crippen LogP contribution is 2.34. The van der Waals surface area contributed by atoms with Crippen molar-refractivity contribution in [2.45, 2.75) is 36.7 Å². The van der Waals surface area contributed by atoms with Gasteiger partial charge in [-0.2, -0.15) is 0 Å². The Balaban J connectivity index is 1.37. The number of rotatable bonds is 6. The number of morpholine rings is 1. The zero-order chi connectivity index (χ0) is 19.5. The largest absolute Gasteiger partial charge is 0.379 e. The topological polar surface area (TPSA) is 79.0 Å². The molecule has 0 bridgehead atoms. The molecule has 0 aromatic heterocycles. The maximum atomic E-state index is 12.8. The second kappa shape index (κ2) is 8.63. The van der Waals surface area contributed by atoms with Gasteiger partial charge in [-0.25, -0.2) is 0 Å². The van der Waals surface area contributed by atoms with Crippen molar-refractivity contribution in [2.24, 2.45) is 0 Å². The molecule has 0 spiro atoms. The van der Waals surface area contributed by atoms with Crippen LogP contribution in [0, 0.1) is 0 Å². The number of fused-ring (bicyclic) bond motifs is 1. The fraction of sp³-hybridized carbons (Fsp3) is 0.550. The molecule has 3 amide bonds. The molecule has 28 heavy (non-hydrogen) atoms. The molecule has 150 valence electrons. The highest BCUT2D eigenvalue weighted by Gasteiger charge is 2.39. The molecule has 0 saturated carbocycles. The molecule has 1 unspecified atom stereocenters. The summed E-state index contributed by atoms with van der Waals surface area (Å²) in [4.78, 5) is 41.6. The quantitative estimate of drug-likeness (QED) is 0.438. The molecule has 1 aromatic rings. The van der Waals surface area contributed by atoms with Crippen LogP contribution in [0.4, 0.5) is 0 Å². The van der Waals surface area contributed by atoms with Crippen LogP contribution in [0.15, 0.2) is 23.1 Å². The van der Waals surface area contributed by atoms with Gasteiger partial charge in [0.15, 0.2) is 0 Å². The van der Waals surface area contributed by atoms with Gasteiger partial charge >= 0.3 is 0 Å². The van der Waals surface area contributed by atoms with Crippen molar-refractivity contribution in [3.63, 3.8) is 0 Å². The number of imide groups is 1. The third-order valence-electron chi connectivity index (χ3n) is 5.52. The van der Waals surface area contributed by atoms with E-state index in [1.54, 1.807) is 16.7 Å². The molecular formula is C20H25N3O4S. The number of piperidine rings is 1. The number of benzene rings is 1. The maximum absolute atomic E-state index is 12.8. The molecule has 7 nitrogen and oxygen atoms in total. The average Bonchev–Trinajstić information content (AvgIpc) is 3.03. The summed E-state index contributed by atoms with van der Waals surface area (Å²) < 4.78 is 5.38. The van der Waals surface area contributed by atoms with Crippen LogP contribution >= 0.6 is 11.8 Å². The summed E-state index contributed by atoms with van der Waals surface area (Å²) in [5.74, 6) is 0.250. The summed E-state index contributed by atoms with van der Waals surface area (Å²) in [7, 11) is 0. The monoisotopic (exact) mass is 403 g/mol. The molecule has 3 aliphatic heterocycles. The average molecular weight is 404 g/mol. The first kappa shape index (κ1) is 19.4. The van der Waals surface area contributed by atoms with E-state index in [2.05, 4.69) is 16.3 Å². The number of ether oxygens (including phenoxy) is 1. The zero-order valence-corrected chi connectivity index (χ0v) is 16.6. The third-order valence-corrected chi connectivity index (χ3v) is 6.71. The predicted molar refractivity (Wildman–Crippen MR) is 105 cm³/mol. The van der Waals surface area contributed by atoms with E-state index in [-0.39, 0.29) is 24.1 Å². The molecule has 2 saturated heterocycles. The number of hydrogen-bond acceptors (Lipinski definition) is 6. The van der Waals surface area contributed by atoms with Crippen LogP contribution in [0.1, 0.15) is 35.2 Å². The third kappa shape index (κ3) is 4.09. The summed E-state index contributed by atoms with van der Waals surface area (Å²) >= 11 is 1.77. The smallest absolute Gasteiger partial charge is 0.255 e. The van der Waals surface area contributed by atoms with Gasteiger partial charge < -0.3 is 9.64 Å². The van der Waals surface area contributed by atoms with Crippen molar-refractivity contribution in [1.29, 1.82) is 0 Å². The number of carbonyl (C=O) groups is 3. The van der Waals surface area contributed by atoms with E-state index in [4.69, 9.17) is 4.74 Å². The SMILES string of the molecule is O=C1CCC(N2Cc3c(SCCCN4CCOCC4)cccc3C2=O)C(=O)N1. The molecule has 1 N–H and O–H groups in total. The Morgan fingerprint density at radius 3 is 2.79 bits per heavy atom. The molecule has 3 aliphatic rings. The molecule has 2 fully saturated rings. The van der Waals surface area contributed by atoms with Crippen LogP contribution in [-0.2, 0) is 20.9 Å². The number of carbonyl (C=O) groups excluding carboxylic acids is 3. The fourth-order valence-electron chi connectivity index (χ4n) is 3.99. The lowest BCUT2D eigenvalue weighted by Gasteiger charge is -2.29. The van der Waals surface area contributed by atoms with Crippen LogP contribution in [0.25, 0.3) is 0 Å². The van der Waals surface area contributed by atoms with Gasteiger partial charge in [-0.05, 0) is 42.8 Å². The van der Waals surface area contributed by atoms with E-state index in [1.807, 2.05) is 12.1 Å². The van der Waals surface area contributed by atoms with E-state index in [9.17, 15) is 14.4 Å². The van der Waals surface area contributed by atoms with Crippen LogP contribution in [0.2, 0.25) is 0 Å². The molecule has 1 atom stereocenters. The molecule has 0 radical (unpaired) electrons. The Hall–Kier alpha value is -1.90. The van der Waals surface area contributed by atoms with Crippen LogP contribution in [-0.4, -0.2) is 72.2 Å². The van der Waals surface area contributed by atoms with Gasteiger partial charge in [0.05, 0.1) is 13.2 Å². The molecule has 1 aromatic carbocycles. The van der Waals surface area contributed by atoms with Gasteiger partial charge in [0.25, 0.3) is 5.91 Å². The van der Waals surface area contributed by atoms with E-state index in [0.29, 0.717) is 18.5 Å². The van der Waals surface area contributed by atoms with Gasteiger partial charge in [0, 0.05) is 36.5 Å². The second-order valence-corrected chi connectivity index (χ2v) is 8.47. The first-order valence-electron chi connectivity index (χ1n) is 9.83. The van der Waals surface area contributed by atoms with Gasteiger partial charge in [-0.1, -0.05) is 6.07 Å². The minimum Gasteiger partial charge on any atom is -0.379 e. The van der Waals surface area contributed by atoms with Gasteiger partial charge in [0.1, 0.15) is 6.04 Å². The van der Waals surface area contributed by atoms with Crippen LogP contribution in [0.3, 0.4) is 0 Å². The minimum atomic E-state index is -0.559. The number of amides is 3. The Morgan fingerprint density at radius 2 is 2.00 bits per heavy atom. The summed E-state index contributed by atoms with van der Waals surface area (Å²) in [6.45, 7) is 5.14. The lowest BCUT2D eigenvalue weighted by molar-refractivity contribution is -0.136. The maximum Gasteiger partial charge on any atom is 0.255 e. The summed E-state index contributed by atoms with van der Waals surface area (Å²) in [6, 6.07) is 5.24. The summed E-state index contributed by atoms with van der Waals surface area (Å²) in [5, 5.41) is 2.35. The Labute approximate surface area is 168 Å². The van der Waals surface area contributed by atoms with Gasteiger partial charge in [0.2, 0.25) is 11.8 Å². The van der Waals surface area contributed by atoms with Crippen LogP contribution < -0.4 is 5.32 Å². The van der Waals surface area contributed by atoms with Crippen molar-refractivity contribution in [3.05, 3.63) is 29.3 Å². The van der Waals surface area contributed by atoms with Crippen molar-refractivity contribution >= 4 is 29.5 Å². The summed E-state index contributed by atoms with van der Waals surface area (Å²) in [6.07, 6.45) is 1.76. The number of nitrogens with zero attached hydrogens (tertiary/aromatic N) is 2. The standard InChI is InChI=1S/C20H25N3O4S/c24-18-6-5-16(19(25)21-18)23-13-15-14(20(23)26)3-1-4-17(15)28-12-2-7-22-8-10-27-11-9-22/h1,3-4,16H,2,5-13H2,(H,21,24,25). The van der Waals surface area contributed by atoms with E-state index in [0.717, 1.165) is 55.5 Å². The van der Waals surface area contributed by atoms with Crippen molar-refractivity contribution in [3.8, 4) is 0 Å². The normalized spacial score (nSPS) is 23.1. The fourth-order valence-corrected chi connectivity index (χ4v) is 5.00. The molecule has 8 heteroatoms. The van der Waals surface area contributed by atoms with Crippen molar-refractivity contribution in [1.82, 2.24) is 15.1 Å². The molecular weight excluding hydrogens is 378 g/mol. The Bertz CT molecular complexity index is 779. The predicted octanol–water partition coefficient (Wildman–Crippen LogP) is 1.26. The minimum absolute atomic E-state index is 0.111. The first-order chi connectivity index (χ1) is 13.6. The lowest BCUT2D eigenvalue weighted by atomic mass is 10.0. The van der Waals surface area contributed by atoms with E-state index in [1.165, 1.54) is 0 Å². The van der Waals surface area contributed by atoms with Gasteiger partial charge in [-0.3, -0.25) is 24.6 Å². The molecule has 4 rings (SSSR count). The summed E-state index contributed by atoms with van der Waals surface area (Å²) in [5.41, 5.74) is 1.69. The first-order valence-corrected chi connectivity index (χ1v) is 10.8. The van der Waals surface area contributed by atoms with Gasteiger partial charge in [-0.15, -0.1) is 11.8 Å². The Kier molecular flexibility index (Phi) is 5.99. The number of thioether (sulfide) groups is 1. The highest BCUT2D eigenvalue weighted by atomic mass is 32.2. The zero-order valence-electron chi connectivity index (χ0n) is 15.8.